The molecule has 16 heavy (non-hydrogen) atoms. The highest BCUT2D eigenvalue weighted by Gasteiger charge is 2.23. The average Bonchev–Trinajstić information content (AvgIpc) is 2.23. The summed E-state index contributed by atoms with van der Waals surface area (Å²) in [5, 5.41) is 3.29. The Morgan fingerprint density at radius 1 is 1.25 bits per heavy atom. The molecule has 1 aromatic carbocycles. The maximum Gasteiger partial charge on any atom is 0.159 e. The van der Waals surface area contributed by atoms with Gasteiger partial charge in [0.25, 0.3) is 0 Å². The van der Waals surface area contributed by atoms with Gasteiger partial charge in [-0.3, -0.25) is 0 Å². The Hall–Kier alpha value is -0.670. The molecule has 90 valence electrons. The van der Waals surface area contributed by atoms with Gasteiger partial charge in [-0.2, -0.15) is 0 Å². The van der Waals surface area contributed by atoms with E-state index >= 15 is 0 Å². The van der Waals surface area contributed by atoms with Gasteiger partial charge in [-0.05, 0) is 49.0 Å². The molecule has 0 amide bonds. The highest BCUT2D eigenvalue weighted by molar-refractivity contribution is 5.85. The van der Waals surface area contributed by atoms with Crippen molar-refractivity contribution in [1.29, 1.82) is 0 Å². The van der Waals surface area contributed by atoms with E-state index in [2.05, 4.69) is 12.2 Å². The zero-order valence-corrected chi connectivity index (χ0v) is 9.99. The Morgan fingerprint density at radius 2 is 2.00 bits per heavy atom. The van der Waals surface area contributed by atoms with Crippen molar-refractivity contribution in [2.24, 2.45) is 5.92 Å². The third-order valence-electron chi connectivity index (χ3n) is 3.16. The lowest BCUT2D eigenvalue weighted by Gasteiger charge is -2.29. The monoisotopic (exact) mass is 247 g/mol. The van der Waals surface area contributed by atoms with Crippen LogP contribution < -0.4 is 5.32 Å². The number of hydrogen-bond donors (Lipinski definition) is 1. The third-order valence-corrected chi connectivity index (χ3v) is 3.16. The SMILES string of the molecule is C[C@@H]1CNCC[C@@H]1c1ccc(F)c(F)c1.Cl. The van der Waals surface area contributed by atoms with E-state index in [1.165, 1.54) is 12.1 Å². The maximum atomic E-state index is 13.1. The summed E-state index contributed by atoms with van der Waals surface area (Å²) in [6.45, 7) is 4.04. The molecule has 1 heterocycles. The molecule has 2 atom stereocenters. The minimum absolute atomic E-state index is 0. The van der Waals surface area contributed by atoms with E-state index < -0.39 is 11.6 Å². The molecule has 1 aliphatic rings. The molecule has 0 radical (unpaired) electrons. The van der Waals surface area contributed by atoms with Crippen molar-refractivity contribution in [3.05, 3.63) is 35.4 Å². The van der Waals surface area contributed by atoms with Crippen LogP contribution in [-0.2, 0) is 0 Å². The van der Waals surface area contributed by atoms with E-state index in [1.54, 1.807) is 6.07 Å². The quantitative estimate of drug-likeness (QED) is 0.804. The number of nitrogens with one attached hydrogen (secondary N) is 1. The van der Waals surface area contributed by atoms with Crippen LogP contribution in [0.2, 0.25) is 0 Å². The second kappa shape index (κ2) is 5.60. The predicted molar refractivity (Wildman–Crippen MR) is 63.0 cm³/mol. The van der Waals surface area contributed by atoms with Gasteiger partial charge >= 0.3 is 0 Å². The van der Waals surface area contributed by atoms with Crippen LogP contribution in [0.3, 0.4) is 0 Å². The highest BCUT2D eigenvalue weighted by Crippen LogP contribution is 2.30. The van der Waals surface area contributed by atoms with Crippen molar-refractivity contribution in [2.75, 3.05) is 13.1 Å². The van der Waals surface area contributed by atoms with E-state index in [1.807, 2.05) is 0 Å². The molecule has 1 fully saturated rings. The Kier molecular flexibility index (Phi) is 4.69. The van der Waals surface area contributed by atoms with E-state index in [0.717, 1.165) is 25.1 Å². The minimum atomic E-state index is -0.764. The first-order valence-corrected chi connectivity index (χ1v) is 5.34. The van der Waals surface area contributed by atoms with Crippen molar-refractivity contribution >= 4 is 12.4 Å². The van der Waals surface area contributed by atoms with Crippen LogP contribution in [0.4, 0.5) is 8.78 Å². The molecular weight excluding hydrogens is 232 g/mol. The molecule has 1 aromatic rings. The molecule has 0 unspecified atom stereocenters. The van der Waals surface area contributed by atoms with Crippen LogP contribution in [0.5, 0.6) is 0 Å². The van der Waals surface area contributed by atoms with Gasteiger partial charge < -0.3 is 5.32 Å². The van der Waals surface area contributed by atoms with Crippen LogP contribution >= 0.6 is 12.4 Å². The Bertz CT molecular complexity index is 357. The Balaban J connectivity index is 0.00000128. The van der Waals surface area contributed by atoms with Crippen molar-refractivity contribution in [3.63, 3.8) is 0 Å². The summed E-state index contributed by atoms with van der Waals surface area (Å²) in [6, 6.07) is 4.26. The van der Waals surface area contributed by atoms with Crippen LogP contribution in [-0.4, -0.2) is 13.1 Å². The van der Waals surface area contributed by atoms with E-state index in [9.17, 15) is 8.78 Å². The molecule has 1 N–H and O–H groups in total. The second-order valence-corrected chi connectivity index (χ2v) is 4.25. The van der Waals surface area contributed by atoms with Gasteiger partial charge in [0.05, 0.1) is 0 Å². The second-order valence-electron chi connectivity index (χ2n) is 4.25. The summed E-state index contributed by atoms with van der Waals surface area (Å²) in [5.74, 6) is -0.677. The van der Waals surface area contributed by atoms with Gasteiger partial charge in [0, 0.05) is 0 Å². The number of hydrogen-bond acceptors (Lipinski definition) is 1. The lowest BCUT2D eigenvalue weighted by atomic mass is 9.82. The fourth-order valence-electron chi connectivity index (χ4n) is 2.25. The molecule has 1 saturated heterocycles. The molecule has 0 aliphatic carbocycles. The van der Waals surface area contributed by atoms with Gasteiger partial charge in [0.2, 0.25) is 0 Å². The third kappa shape index (κ3) is 2.71. The zero-order chi connectivity index (χ0) is 10.8. The number of benzene rings is 1. The average molecular weight is 248 g/mol. The van der Waals surface area contributed by atoms with Gasteiger partial charge in [-0.25, -0.2) is 8.78 Å². The van der Waals surface area contributed by atoms with Gasteiger partial charge in [0.1, 0.15) is 0 Å². The normalized spacial score (nSPS) is 24.9. The Morgan fingerprint density at radius 3 is 2.62 bits per heavy atom. The molecule has 2 rings (SSSR count). The lowest BCUT2D eigenvalue weighted by molar-refractivity contribution is 0.348. The first-order valence-electron chi connectivity index (χ1n) is 5.34. The highest BCUT2D eigenvalue weighted by atomic mass is 35.5. The van der Waals surface area contributed by atoms with E-state index in [-0.39, 0.29) is 12.4 Å². The number of rotatable bonds is 1. The molecule has 0 saturated carbocycles. The molecule has 4 heteroatoms. The van der Waals surface area contributed by atoms with E-state index in [0.29, 0.717) is 11.8 Å². The summed E-state index contributed by atoms with van der Waals surface area (Å²) >= 11 is 0. The summed E-state index contributed by atoms with van der Waals surface area (Å²) in [7, 11) is 0. The molecule has 1 nitrogen and oxygen atoms in total. The van der Waals surface area contributed by atoms with E-state index in [4.69, 9.17) is 0 Å². The molecular formula is C12H16ClF2N. The van der Waals surface area contributed by atoms with Crippen LogP contribution in [0, 0.1) is 17.6 Å². The van der Waals surface area contributed by atoms with Crippen molar-refractivity contribution < 1.29 is 8.78 Å². The minimum Gasteiger partial charge on any atom is -0.316 e. The first kappa shape index (κ1) is 13.4. The fraction of sp³-hybridized carbons (Fsp3) is 0.500. The van der Waals surface area contributed by atoms with Crippen molar-refractivity contribution in [2.45, 2.75) is 19.3 Å². The van der Waals surface area contributed by atoms with Crippen LogP contribution in [0.1, 0.15) is 24.8 Å². The number of halogens is 3. The van der Waals surface area contributed by atoms with Gasteiger partial charge in [-0.1, -0.05) is 13.0 Å². The molecule has 1 aliphatic heterocycles. The summed E-state index contributed by atoms with van der Waals surface area (Å²) in [4.78, 5) is 0. The molecule has 0 spiro atoms. The largest absolute Gasteiger partial charge is 0.316 e. The zero-order valence-electron chi connectivity index (χ0n) is 9.17. The lowest BCUT2D eigenvalue weighted by Crippen LogP contribution is -2.33. The summed E-state index contributed by atoms with van der Waals surface area (Å²) in [5.41, 5.74) is 0.919. The van der Waals surface area contributed by atoms with Crippen molar-refractivity contribution in [3.8, 4) is 0 Å². The standard InChI is InChI=1S/C12H15F2N.ClH/c1-8-7-15-5-4-10(8)9-2-3-11(13)12(14)6-9;/h2-3,6,8,10,15H,4-5,7H2,1H3;1H/t8-,10+;/m1./s1. The number of piperidine rings is 1. The van der Waals surface area contributed by atoms with Gasteiger partial charge in [0.15, 0.2) is 11.6 Å². The fourth-order valence-corrected chi connectivity index (χ4v) is 2.25. The smallest absolute Gasteiger partial charge is 0.159 e. The predicted octanol–water partition coefficient (Wildman–Crippen LogP) is 3.10. The maximum absolute atomic E-state index is 13.1. The van der Waals surface area contributed by atoms with Gasteiger partial charge in [-0.15, -0.1) is 12.4 Å². The van der Waals surface area contributed by atoms with Crippen LogP contribution in [0.15, 0.2) is 18.2 Å². The van der Waals surface area contributed by atoms with Crippen molar-refractivity contribution in [1.82, 2.24) is 5.32 Å². The molecule has 0 bridgehead atoms. The summed E-state index contributed by atoms with van der Waals surface area (Å²) in [6.07, 6.45) is 0.992. The molecule has 0 aromatic heterocycles. The van der Waals surface area contributed by atoms with Crippen LogP contribution in [0.25, 0.3) is 0 Å². The Labute approximate surface area is 101 Å². The first-order chi connectivity index (χ1) is 7.18. The topological polar surface area (TPSA) is 12.0 Å². The summed E-state index contributed by atoms with van der Waals surface area (Å²) < 4.78 is 25.8.